The average molecular weight is 598 g/mol. The predicted octanol–water partition coefficient (Wildman–Crippen LogP) is 4.99. The summed E-state index contributed by atoms with van der Waals surface area (Å²) in [5.74, 6) is -1.51. The number of halogens is 4. The van der Waals surface area contributed by atoms with Crippen LogP contribution in [0.15, 0.2) is 53.4 Å². The minimum Gasteiger partial charge on any atom is -0.373 e. The van der Waals surface area contributed by atoms with Gasteiger partial charge < -0.3 is 15.0 Å². The molecule has 1 aliphatic heterocycles. The molecule has 2 aromatic carbocycles. The third kappa shape index (κ3) is 6.62. The summed E-state index contributed by atoms with van der Waals surface area (Å²) in [4.78, 5) is 14.9. The lowest BCUT2D eigenvalue weighted by molar-refractivity contribution is -0.140. The standard InChI is InChI=1S/C28H31ClF3N3O4S/c1-2-35-13-11-27(18-33,12-14-35)34-26(36)22-15-21(16-24(22)39-17-19-7-9-20(29)10-8-19)40(37,38)25-6-4-3-5-23(25)28(30,31)32/h3-10,21-22,24H,2,11-17H2,1H3,(H,34,36)/t21-,22-,24-/m1/s1. The summed E-state index contributed by atoms with van der Waals surface area (Å²) in [7, 11) is -4.47. The van der Waals surface area contributed by atoms with Crippen LogP contribution in [0.1, 0.15) is 43.7 Å². The van der Waals surface area contributed by atoms with Crippen molar-refractivity contribution in [3.8, 4) is 6.07 Å². The van der Waals surface area contributed by atoms with Crippen molar-refractivity contribution in [1.29, 1.82) is 5.26 Å². The Morgan fingerprint density at radius 3 is 2.40 bits per heavy atom. The summed E-state index contributed by atoms with van der Waals surface area (Å²) in [6.45, 7) is 4.12. The van der Waals surface area contributed by atoms with Crippen LogP contribution in [-0.2, 0) is 32.2 Å². The Morgan fingerprint density at radius 1 is 1.15 bits per heavy atom. The van der Waals surface area contributed by atoms with Crippen molar-refractivity contribution in [2.24, 2.45) is 5.92 Å². The lowest BCUT2D eigenvalue weighted by Crippen LogP contribution is -2.56. The van der Waals surface area contributed by atoms with Crippen LogP contribution in [0.2, 0.25) is 5.02 Å². The van der Waals surface area contributed by atoms with Gasteiger partial charge in [0, 0.05) is 18.1 Å². The molecule has 0 unspecified atom stereocenters. The van der Waals surface area contributed by atoms with Gasteiger partial charge in [0.25, 0.3) is 0 Å². The number of amides is 1. The summed E-state index contributed by atoms with van der Waals surface area (Å²) in [6, 6.07) is 13.1. The molecule has 1 aliphatic carbocycles. The number of nitriles is 1. The van der Waals surface area contributed by atoms with Crippen LogP contribution in [0.25, 0.3) is 0 Å². The Hall–Kier alpha value is -2.65. The second kappa shape index (κ2) is 12.1. The zero-order chi connectivity index (χ0) is 29.1. The quantitative estimate of drug-likeness (QED) is 0.460. The van der Waals surface area contributed by atoms with Crippen molar-refractivity contribution in [3.63, 3.8) is 0 Å². The topological polar surface area (TPSA) is 99.5 Å². The highest BCUT2D eigenvalue weighted by Crippen LogP contribution is 2.41. The van der Waals surface area contributed by atoms with Gasteiger partial charge in [-0.15, -0.1) is 0 Å². The average Bonchev–Trinajstić information content (AvgIpc) is 3.38. The van der Waals surface area contributed by atoms with Crippen molar-refractivity contribution in [3.05, 3.63) is 64.7 Å². The lowest BCUT2D eigenvalue weighted by atomic mass is 9.88. The molecule has 1 amide bonds. The first-order valence-electron chi connectivity index (χ1n) is 13.1. The molecule has 216 valence electrons. The van der Waals surface area contributed by atoms with Gasteiger partial charge in [0.05, 0.1) is 40.4 Å². The molecule has 3 atom stereocenters. The summed E-state index contributed by atoms with van der Waals surface area (Å²) in [6.07, 6.45) is -5.33. The molecule has 0 aromatic heterocycles. The first-order valence-corrected chi connectivity index (χ1v) is 15.0. The van der Waals surface area contributed by atoms with Crippen LogP contribution < -0.4 is 5.32 Å². The molecule has 1 saturated carbocycles. The molecule has 2 fully saturated rings. The Bertz CT molecular complexity index is 1350. The summed E-state index contributed by atoms with van der Waals surface area (Å²) >= 11 is 5.94. The Morgan fingerprint density at radius 2 is 1.80 bits per heavy atom. The number of likely N-dealkylation sites (tertiary alicyclic amines) is 1. The van der Waals surface area contributed by atoms with Gasteiger partial charge in [-0.05, 0) is 62.1 Å². The molecule has 1 saturated heterocycles. The number of nitrogens with zero attached hydrogens (tertiary/aromatic N) is 2. The number of carbonyl (C=O) groups is 1. The molecule has 4 rings (SSSR count). The van der Waals surface area contributed by atoms with E-state index in [-0.39, 0.29) is 19.4 Å². The van der Waals surface area contributed by atoms with Crippen LogP contribution in [-0.4, -0.2) is 55.8 Å². The summed E-state index contributed by atoms with van der Waals surface area (Å²) < 4.78 is 74.2. The highest BCUT2D eigenvalue weighted by molar-refractivity contribution is 7.92. The fourth-order valence-electron chi connectivity index (χ4n) is 5.42. The molecule has 12 heteroatoms. The maximum atomic E-state index is 13.7. The van der Waals surface area contributed by atoms with Crippen LogP contribution in [0.4, 0.5) is 13.2 Å². The van der Waals surface area contributed by atoms with Gasteiger partial charge in [0.1, 0.15) is 5.54 Å². The third-order valence-electron chi connectivity index (χ3n) is 7.85. The maximum absolute atomic E-state index is 13.7. The van der Waals surface area contributed by atoms with Gasteiger partial charge in [-0.2, -0.15) is 18.4 Å². The van der Waals surface area contributed by atoms with Gasteiger partial charge in [-0.3, -0.25) is 4.79 Å². The van der Waals surface area contributed by atoms with Crippen molar-refractivity contribution in [2.45, 2.75) is 67.2 Å². The first kappa shape index (κ1) is 30.3. The number of benzene rings is 2. The van der Waals surface area contributed by atoms with Gasteiger partial charge in [0.15, 0.2) is 9.84 Å². The van der Waals surface area contributed by atoms with E-state index in [1.54, 1.807) is 24.3 Å². The molecular weight excluding hydrogens is 567 g/mol. The minimum atomic E-state index is -4.87. The van der Waals surface area contributed by atoms with Crippen molar-refractivity contribution >= 4 is 27.3 Å². The van der Waals surface area contributed by atoms with Crippen molar-refractivity contribution < 1.29 is 31.1 Å². The van der Waals surface area contributed by atoms with E-state index < -0.39 is 55.2 Å². The van der Waals surface area contributed by atoms with E-state index in [1.807, 2.05) is 6.92 Å². The highest BCUT2D eigenvalue weighted by Gasteiger charge is 2.49. The Balaban J connectivity index is 1.60. The fraction of sp³-hybridized carbons (Fsp3) is 0.500. The normalized spacial score (nSPS) is 23.4. The number of hydrogen-bond donors (Lipinski definition) is 1. The number of alkyl halides is 3. The van der Waals surface area contributed by atoms with E-state index in [9.17, 15) is 31.6 Å². The predicted molar refractivity (Wildman–Crippen MR) is 143 cm³/mol. The third-order valence-corrected chi connectivity index (χ3v) is 10.3. The van der Waals surface area contributed by atoms with E-state index >= 15 is 0 Å². The van der Waals surface area contributed by atoms with Crippen molar-refractivity contribution in [2.75, 3.05) is 19.6 Å². The van der Waals surface area contributed by atoms with E-state index in [2.05, 4.69) is 16.3 Å². The summed E-state index contributed by atoms with van der Waals surface area (Å²) in [5.41, 5.74) is -1.62. The van der Waals surface area contributed by atoms with Crippen molar-refractivity contribution in [1.82, 2.24) is 10.2 Å². The van der Waals surface area contributed by atoms with Gasteiger partial charge in [-0.25, -0.2) is 8.42 Å². The van der Waals surface area contributed by atoms with Crippen LogP contribution in [0.5, 0.6) is 0 Å². The van der Waals surface area contributed by atoms with E-state index in [1.165, 1.54) is 6.07 Å². The fourth-order valence-corrected chi connectivity index (χ4v) is 7.57. The highest BCUT2D eigenvalue weighted by atomic mass is 35.5. The molecule has 0 radical (unpaired) electrons. The SMILES string of the molecule is CCN1CCC(C#N)(NC(=O)[C@@H]2C[C@@H](S(=O)(=O)c3ccccc3C(F)(F)F)C[C@H]2OCc2ccc(Cl)cc2)CC1. The molecule has 40 heavy (non-hydrogen) atoms. The Labute approximate surface area is 237 Å². The van der Waals surface area contributed by atoms with Gasteiger partial charge in [0.2, 0.25) is 5.91 Å². The molecule has 2 aliphatic rings. The zero-order valence-electron chi connectivity index (χ0n) is 22.0. The number of piperidine rings is 1. The monoisotopic (exact) mass is 597 g/mol. The second-order valence-electron chi connectivity index (χ2n) is 10.3. The van der Waals surface area contributed by atoms with Crippen LogP contribution >= 0.6 is 11.6 Å². The molecule has 1 heterocycles. The largest absolute Gasteiger partial charge is 0.417 e. The van der Waals surface area contributed by atoms with Crippen LogP contribution in [0, 0.1) is 17.2 Å². The molecule has 1 N–H and O–H groups in total. The number of hydrogen-bond acceptors (Lipinski definition) is 6. The smallest absolute Gasteiger partial charge is 0.373 e. The van der Waals surface area contributed by atoms with Gasteiger partial charge in [-0.1, -0.05) is 42.8 Å². The molecule has 0 spiro atoms. The molecular formula is C28H31ClF3N3O4S. The maximum Gasteiger partial charge on any atom is 0.417 e. The van der Waals surface area contributed by atoms with E-state index in [4.69, 9.17) is 16.3 Å². The number of carbonyl (C=O) groups excluding carboxylic acids is 1. The number of nitrogens with one attached hydrogen (secondary N) is 1. The Kier molecular flexibility index (Phi) is 9.15. The molecule has 0 bridgehead atoms. The molecule has 7 nitrogen and oxygen atoms in total. The second-order valence-corrected chi connectivity index (χ2v) is 13.0. The number of rotatable bonds is 8. The first-order chi connectivity index (χ1) is 18.9. The summed E-state index contributed by atoms with van der Waals surface area (Å²) in [5, 5.41) is 12.0. The number of ether oxygens (including phenoxy) is 1. The lowest BCUT2D eigenvalue weighted by Gasteiger charge is -2.38. The van der Waals surface area contributed by atoms with E-state index in [0.717, 1.165) is 30.3 Å². The van der Waals surface area contributed by atoms with E-state index in [0.29, 0.717) is 31.0 Å². The number of sulfone groups is 1. The van der Waals surface area contributed by atoms with Gasteiger partial charge >= 0.3 is 6.18 Å². The zero-order valence-corrected chi connectivity index (χ0v) is 23.5. The minimum absolute atomic E-state index is 0.0480. The molecule has 2 aromatic rings. The van der Waals surface area contributed by atoms with Crippen LogP contribution in [0.3, 0.4) is 0 Å².